The van der Waals surface area contributed by atoms with Crippen molar-refractivity contribution >= 4 is 6.03 Å². The molecular formula is C13H24N2O. The fraction of sp³-hybridized carbons (Fsp3) is 0.923. The quantitative estimate of drug-likeness (QED) is 0.768. The van der Waals surface area contributed by atoms with Crippen LogP contribution in [0.5, 0.6) is 0 Å². The maximum atomic E-state index is 12.1. The summed E-state index contributed by atoms with van der Waals surface area (Å²) in [6, 6.07) is 0.714. The van der Waals surface area contributed by atoms with E-state index < -0.39 is 0 Å². The number of hydrogen-bond donors (Lipinski definition) is 1. The van der Waals surface area contributed by atoms with Crippen molar-refractivity contribution in [2.75, 3.05) is 0 Å². The minimum atomic E-state index is 0.0679. The number of rotatable bonds is 2. The minimum Gasteiger partial charge on any atom is -0.334 e. The van der Waals surface area contributed by atoms with E-state index >= 15 is 0 Å². The number of nitrogens with one attached hydrogen (secondary N) is 1. The molecule has 1 saturated heterocycles. The van der Waals surface area contributed by atoms with Gasteiger partial charge in [0.25, 0.3) is 0 Å². The number of hydrogen-bond acceptors (Lipinski definition) is 1. The second kappa shape index (κ2) is 3.14. The number of urea groups is 1. The molecule has 1 aliphatic carbocycles. The van der Waals surface area contributed by atoms with Crippen molar-refractivity contribution in [2.24, 2.45) is 11.3 Å². The fourth-order valence-electron chi connectivity index (χ4n) is 3.77. The third kappa shape index (κ3) is 1.23. The summed E-state index contributed by atoms with van der Waals surface area (Å²) in [5, 5.41) is 3.19. The van der Waals surface area contributed by atoms with Gasteiger partial charge in [-0.1, -0.05) is 20.8 Å². The highest BCUT2D eigenvalue weighted by Crippen LogP contribution is 2.64. The van der Waals surface area contributed by atoms with Crippen LogP contribution in [0.2, 0.25) is 0 Å². The van der Waals surface area contributed by atoms with E-state index in [1.807, 2.05) is 4.90 Å². The van der Waals surface area contributed by atoms with Crippen LogP contribution in [0.1, 0.15) is 48.0 Å². The van der Waals surface area contributed by atoms with Crippen molar-refractivity contribution in [1.82, 2.24) is 10.2 Å². The van der Waals surface area contributed by atoms with Gasteiger partial charge in [-0.3, -0.25) is 0 Å². The van der Waals surface area contributed by atoms with Crippen LogP contribution in [0.25, 0.3) is 0 Å². The van der Waals surface area contributed by atoms with Crippen molar-refractivity contribution in [2.45, 2.75) is 65.6 Å². The monoisotopic (exact) mass is 224 g/mol. The van der Waals surface area contributed by atoms with Gasteiger partial charge in [0, 0.05) is 17.5 Å². The van der Waals surface area contributed by atoms with Crippen LogP contribution in [0.15, 0.2) is 0 Å². The van der Waals surface area contributed by atoms with Crippen molar-refractivity contribution in [3.63, 3.8) is 0 Å². The van der Waals surface area contributed by atoms with Gasteiger partial charge in [-0.25, -0.2) is 4.79 Å². The van der Waals surface area contributed by atoms with E-state index in [1.165, 1.54) is 0 Å². The average Bonchev–Trinajstić information content (AvgIpc) is 2.66. The molecule has 0 bridgehead atoms. The maximum absolute atomic E-state index is 12.1. The highest BCUT2D eigenvalue weighted by molar-refractivity contribution is 5.79. The molecule has 3 atom stereocenters. The first-order chi connectivity index (χ1) is 7.24. The van der Waals surface area contributed by atoms with Gasteiger partial charge >= 0.3 is 6.03 Å². The largest absolute Gasteiger partial charge is 0.334 e. The van der Waals surface area contributed by atoms with Gasteiger partial charge in [-0.15, -0.1) is 0 Å². The van der Waals surface area contributed by atoms with Crippen molar-refractivity contribution in [3.8, 4) is 0 Å². The summed E-state index contributed by atoms with van der Waals surface area (Å²) in [7, 11) is 0. The SMILES string of the molecule is CC(C)C1NC(=O)N(C(C)C)C2(C)CC12C. The van der Waals surface area contributed by atoms with E-state index in [-0.39, 0.29) is 23.0 Å². The van der Waals surface area contributed by atoms with Crippen molar-refractivity contribution < 1.29 is 4.79 Å². The average molecular weight is 224 g/mol. The van der Waals surface area contributed by atoms with Gasteiger partial charge < -0.3 is 10.2 Å². The van der Waals surface area contributed by atoms with Gasteiger partial charge in [0.15, 0.2) is 0 Å². The van der Waals surface area contributed by atoms with Crippen LogP contribution in [0, 0.1) is 11.3 Å². The molecule has 0 aromatic carbocycles. The zero-order chi connectivity index (χ0) is 12.3. The lowest BCUT2D eigenvalue weighted by molar-refractivity contribution is 0.0795. The van der Waals surface area contributed by atoms with Crippen LogP contribution in [0.3, 0.4) is 0 Å². The number of carbonyl (C=O) groups excluding carboxylic acids is 1. The molecule has 0 aromatic rings. The lowest BCUT2D eigenvalue weighted by atomic mass is 9.83. The summed E-state index contributed by atoms with van der Waals surface area (Å²) in [5.41, 5.74) is 0.317. The smallest absolute Gasteiger partial charge is 0.318 e. The summed E-state index contributed by atoms with van der Waals surface area (Å²) in [4.78, 5) is 14.2. The zero-order valence-electron chi connectivity index (χ0n) is 11.3. The molecule has 1 aliphatic heterocycles. The predicted octanol–water partition coefficient (Wildman–Crippen LogP) is 2.61. The molecule has 0 spiro atoms. The highest BCUT2D eigenvalue weighted by Gasteiger charge is 2.72. The van der Waals surface area contributed by atoms with Gasteiger partial charge in [0.1, 0.15) is 0 Å². The molecule has 16 heavy (non-hydrogen) atoms. The third-order valence-electron chi connectivity index (χ3n) is 4.72. The Hall–Kier alpha value is -0.730. The van der Waals surface area contributed by atoms with Gasteiger partial charge in [-0.05, 0) is 33.1 Å². The Morgan fingerprint density at radius 1 is 1.31 bits per heavy atom. The van der Waals surface area contributed by atoms with Gasteiger partial charge in [-0.2, -0.15) is 0 Å². The molecule has 92 valence electrons. The van der Waals surface area contributed by atoms with E-state index in [4.69, 9.17) is 0 Å². The van der Waals surface area contributed by atoms with E-state index in [2.05, 4.69) is 46.9 Å². The number of nitrogens with zero attached hydrogens (tertiary/aromatic N) is 1. The molecule has 2 aliphatic rings. The Balaban J connectivity index is 2.32. The molecule has 0 aromatic heterocycles. The molecule has 3 heteroatoms. The molecule has 3 nitrogen and oxygen atoms in total. The molecule has 1 N–H and O–H groups in total. The number of amides is 2. The van der Waals surface area contributed by atoms with E-state index in [0.717, 1.165) is 6.42 Å². The first-order valence-corrected chi connectivity index (χ1v) is 6.34. The molecule has 2 fully saturated rings. The number of fused-ring (bicyclic) bond motifs is 1. The summed E-state index contributed by atoms with van der Waals surface area (Å²) in [5.74, 6) is 0.505. The zero-order valence-corrected chi connectivity index (χ0v) is 11.3. The van der Waals surface area contributed by atoms with E-state index in [0.29, 0.717) is 12.0 Å². The lowest BCUT2D eigenvalue weighted by Gasteiger charge is -2.45. The Bertz CT molecular complexity index is 326. The predicted molar refractivity (Wildman–Crippen MR) is 65.3 cm³/mol. The minimum absolute atomic E-state index is 0.0679. The second-order valence-electron chi connectivity index (χ2n) is 6.50. The molecule has 1 heterocycles. The molecule has 0 radical (unpaired) electrons. The first kappa shape index (κ1) is 11.7. The first-order valence-electron chi connectivity index (χ1n) is 6.34. The van der Waals surface area contributed by atoms with E-state index in [1.54, 1.807) is 0 Å². The van der Waals surface area contributed by atoms with Crippen LogP contribution < -0.4 is 5.32 Å². The van der Waals surface area contributed by atoms with Crippen molar-refractivity contribution in [1.29, 1.82) is 0 Å². The maximum Gasteiger partial charge on any atom is 0.318 e. The molecular weight excluding hydrogens is 200 g/mol. The summed E-state index contributed by atoms with van der Waals surface area (Å²) in [6.45, 7) is 13.1. The van der Waals surface area contributed by atoms with Crippen molar-refractivity contribution in [3.05, 3.63) is 0 Å². The Kier molecular flexibility index (Phi) is 2.31. The molecule has 2 amide bonds. The van der Waals surface area contributed by atoms with Gasteiger partial charge in [0.2, 0.25) is 0 Å². The fourth-order valence-corrected chi connectivity index (χ4v) is 3.77. The van der Waals surface area contributed by atoms with Gasteiger partial charge in [0.05, 0.1) is 5.54 Å². The normalized spacial score (nSPS) is 42.4. The Morgan fingerprint density at radius 3 is 2.31 bits per heavy atom. The van der Waals surface area contributed by atoms with Crippen LogP contribution >= 0.6 is 0 Å². The second-order valence-corrected chi connectivity index (χ2v) is 6.50. The van der Waals surface area contributed by atoms with Crippen LogP contribution in [-0.2, 0) is 0 Å². The highest BCUT2D eigenvalue weighted by atomic mass is 16.2. The van der Waals surface area contributed by atoms with Crippen LogP contribution in [0.4, 0.5) is 4.79 Å². The molecule has 1 saturated carbocycles. The van der Waals surface area contributed by atoms with Crippen LogP contribution in [-0.4, -0.2) is 28.6 Å². The third-order valence-corrected chi connectivity index (χ3v) is 4.72. The lowest BCUT2D eigenvalue weighted by Crippen LogP contribution is -2.63. The summed E-state index contributed by atoms with van der Waals surface area (Å²) >= 11 is 0. The topological polar surface area (TPSA) is 32.3 Å². The molecule has 2 rings (SSSR count). The van der Waals surface area contributed by atoms with E-state index in [9.17, 15) is 4.79 Å². The standard InChI is InChI=1S/C13H24N2O/c1-8(2)10-12(5)7-13(12,6)15(9(3)4)11(16)14-10/h8-10H,7H2,1-6H3,(H,14,16). The summed E-state index contributed by atoms with van der Waals surface area (Å²) < 4.78 is 0. The Labute approximate surface area is 98.6 Å². The molecule has 3 unspecified atom stereocenters. The summed E-state index contributed by atoms with van der Waals surface area (Å²) in [6.07, 6.45) is 1.12. The Morgan fingerprint density at radius 2 is 1.88 bits per heavy atom. The number of carbonyl (C=O) groups is 1.